The average Bonchev–Trinajstić information content (AvgIpc) is 2.61. The molecule has 0 atom stereocenters. The van der Waals surface area contributed by atoms with Gasteiger partial charge in [-0.3, -0.25) is 0 Å². The second kappa shape index (κ2) is 3.64. The monoisotopic (exact) mass is 181 g/mol. The van der Waals surface area contributed by atoms with Crippen molar-refractivity contribution >= 4 is 0 Å². The number of hydroxylamine groups is 1. The van der Waals surface area contributed by atoms with Crippen molar-refractivity contribution in [3.63, 3.8) is 0 Å². The van der Waals surface area contributed by atoms with E-state index in [0.29, 0.717) is 13.3 Å². The van der Waals surface area contributed by atoms with Crippen LogP contribution in [0.15, 0.2) is 18.2 Å². The van der Waals surface area contributed by atoms with Gasteiger partial charge in [-0.2, -0.15) is 0 Å². The van der Waals surface area contributed by atoms with Gasteiger partial charge in [0.25, 0.3) is 0 Å². The van der Waals surface area contributed by atoms with E-state index in [-0.39, 0.29) is 0 Å². The summed E-state index contributed by atoms with van der Waals surface area (Å²) in [5, 5.41) is 8.42. The SMILES string of the molecule is ONCCc1ccc2c(c1)OCO2. The predicted molar refractivity (Wildman–Crippen MR) is 46.1 cm³/mol. The Labute approximate surface area is 76.0 Å². The minimum Gasteiger partial charge on any atom is -0.454 e. The molecule has 0 saturated carbocycles. The molecule has 2 N–H and O–H groups in total. The molecule has 0 radical (unpaired) electrons. The van der Waals surface area contributed by atoms with Gasteiger partial charge in [-0.1, -0.05) is 6.07 Å². The third kappa shape index (κ3) is 1.74. The summed E-state index contributed by atoms with van der Waals surface area (Å²) >= 11 is 0. The standard InChI is InChI=1S/C9H11NO3/c11-10-4-3-7-1-2-8-9(5-7)13-6-12-8/h1-2,5,10-11H,3-4,6H2. The highest BCUT2D eigenvalue weighted by molar-refractivity contribution is 5.44. The predicted octanol–water partition coefficient (Wildman–Crippen LogP) is 0.937. The van der Waals surface area contributed by atoms with Crippen molar-refractivity contribution in [3.05, 3.63) is 23.8 Å². The highest BCUT2D eigenvalue weighted by atomic mass is 16.7. The lowest BCUT2D eigenvalue weighted by Crippen LogP contribution is -2.10. The highest BCUT2D eigenvalue weighted by Gasteiger charge is 2.12. The number of rotatable bonds is 3. The molecule has 0 amide bonds. The van der Waals surface area contributed by atoms with Crippen LogP contribution in [0.5, 0.6) is 11.5 Å². The molecule has 1 aromatic rings. The Kier molecular flexibility index (Phi) is 2.33. The van der Waals surface area contributed by atoms with E-state index in [0.717, 1.165) is 23.5 Å². The summed E-state index contributed by atoms with van der Waals surface area (Å²) in [4.78, 5) is 0. The second-order valence-corrected chi connectivity index (χ2v) is 2.85. The van der Waals surface area contributed by atoms with Crippen LogP contribution in [0.2, 0.25) is 0 Å². The molecule has 0 spiro atoms. The molecule has 4 heteroatoms. The molecule has 0 aliphatic carbocycles. The topological polar surface area (TPSA) is 50.7 Å². The molecule has 70 valence electrons. The first-order chi connectivity index (χ1) is 6.40. The van der Waals surface area contributed by atoms with E-state index in [1.54, 1.807) is 0 Å². The van der Waals surface area contributed by atoms with E-state index in [1.807, 2.05) is 18.2 Å². The van der Waals surface area contributed by atoms with Crippen molar-refractivity contribution in [1.82, 2.24) is 5.48 Å². The maximum absolute atomic E-state index is 8.42. The minimum atomic E-state index is 0.303. The van der Waals surface area contributed by atoms with Crippen molar-refractivity contribution in [2.45, 2.75) is 6.42 Å². The van der Waals surface area contributed by atoms with Crippen LogP contribution in [0, 0.1) is 0 Å². The van der Waals surface area contributed by atoms with Crippen LogP contribution in [0.3, 0.4) is 0 Å². The molecule has 2 rings (SSSR count). The summed E-state index contributed by atoms with van der Waals surface area (Å²) in [5.74, 6) is 1.58. The third-order valence-corrected chi connectivity index (χ3v) is 1.96. The summed E-state index contributed by atoms with van der Waals surface area (Å²) in [7, 11) is 0. The van der Waals surface area contributed by atoms with E-state index >= 15 is 0 Å². The lowest BCUT2D eigenvalue weighted by molar-refractivity contribution is 0.168. The summed E-state index contributed by atoms with van der Waals surface area (Å²) in [6, 6.07) is 5.78. The van der Waals surface area contributed by atoms with E-state index in [2.05, 4.69) is 5.48 Å². The molecule has 0 saturated heterocycles. The number of nitrogens with one attached hydrogen (secondary N) is 1. The zero-order chi connectivity index (χ0) is 9.10. The second-order valence-electron chi connectivity index (χ2n) is 2.85. The first-order valence-electron chi connectivity index (χ1n) is 4.15. The largest absolute Gasteiger partial charge is 0.454 e. The molecular formula is C9H11NO3. The maximum atomic E-state index is 8.42. The van der Waals surface area contributed by atoms with Crippen LogP contribution < -0.4 is 15.0 Å². The first-order valence-corrected chi connectivity index (χ1v) is 4.15. The van der Waals surface area contributed by atoms with Gasteiger partial charge in [-0.15, -0.1) is 0 Å². The van der Waals surface area contributed by atoms with Crippen molar-refractivity contribution in [2.75, 3.05) is 13.3 Å². The van der Waals surface area contributed by atoms with Gasteiger partial charge in [0.1, 0.15) is 0 Å². The fourth-order valence-corrected chi connectivity index (χ4v) is 1.30. The fourth-order valence-electron chi connectivity index (χ4n) is 1.30. The molecule has 0 unspecified atom stereocenters. The Morgan fingerprint density at radius 2 is 2.15 bits per heavy atom. The Hall–Kier alpha value is -1.26. The molecule has 4 nitrogen and oxygen atoms in total. The lowest BCUT2D eigenvalue weighted by Gasteiger charge is -2.01. The van der Waals surface area contributed by atoms with Crippen LogP contribution in [0.4, 0.5) is 0 Å². The lowest BCUT2D eigenvalue weighted by atomic mass is 10.1. The number of fused-ring (bicyclic) bond motifs is 1. The van der Waals surface area contributed by atoms with Crippen LogP contribution >= 0.6 is 0 Å². The number of hydrogen-bond donors (Lipinski definition) is 2. The molecular weight excluding hydrogens is 170 g/mol. The fraction of sp³-hybridized carbons (Fsp3) is 0.333. The van der Waals surface area contributed by atoms with Gasteiger partial charge in [-0.25, -0.2) is 5.48 Å². The summed E-state index contributed by atoms with van der Waals surface area (Å²) in [6.07, 6.45) is 0.771. The molecule has 1 aromatic carbocycles. The van der Waals surface area contributed by atoms with Gasteiger partial charge in [0.05, 0.1) is 0 Å². The van der Waals surface area contributed by atoms with Gasteiger partial charge < -0.3 is 14.7 Å². The third-order valence-electron chi connectivity index (χ3n) is 1.96. The average molecular weight is 181 g/mol. The summed E-state index contributed by atoms with van der Waals surface area (Å²) in [6.45, 7) is 0.844. The van der Waals surface area contributed by atoms with Crippen LogP contribution in [-0.2, 0) is 6.42 Å². The number of ether oxygens (including phenoxy) is 2. The molecule has 0 aromatic heterocycles. The normalized spacial score (nSPS) is 13.3. The molecule has 0 fully saturated rings. The van der Waals surface area contributed by atoms with Crippen molar-refractivity contribution < 1.29 is 14.7 Å². The van der Waals surface area contributed by atoms with Gasteiger partial charge in [0.15, 0.2) is 11.5 Å². The zero-order valence-corrected chi connectivity index (χ0v) is 7.12. The maximum Gasteiger partial charge on any atom is 0.231 e. The Bertz CT molecular complexity index is 301. The van der Waals surface area contributed by atoms with E-state index in [9.17, 15) is 0 Å². The van der Waals surface area contributed by atoms with Gasteiger partial charge in [-0.05, 0) is 24.1 Å². The summed E-state index contributed by atoms with van der Waals surface area (Å²) < 4.78 is 10.4. The van der Waals surface area contributed by atoms with Crippen molar-refractivity contribution in [2.24, 2.45) is 0 Å². The van der Waals surface area contributed by atoms with Crippen LogP contribution in [0.1, 0.15) is 5.56 Å². The van der Waals surface area contributed by atoms with Gasteiger partial charge >= 0.3 is 0 Å². The van der Waals surface area contributed by atoms with Crippen molar-refractivity contribution in [1.29, 1.82) is 0 Å². The minimum absolute atomic E-state index is 0.303. The number of benzene rings is 1. The number of hydrogen-bond acceptors (Lipinski definition) is 4. The molecule has 0 bridgehead atoms. The van der Waals surface area contributed by atoms with Crippen molar-refractivity contribution in [3.8, 4) is 11.5 Å². The van der Waals surface area contributed by atoms with Gasteiger partial charge in [0.2, 0.25) is 6.79 Å². The zero-order valence-electron chi connectivity index (χ0n) is 7.12. The highest BCUT2D eigenvalue weighted by Crippen LogP contribution is 2.32. The van der Waals surface area contributed by atoms with E-state index < -0.39 is 0 Å². The smallest absolute Gasteiger partial charge is 0.231 e. The van der Waals surface area contributed by atoms with E-state index in [1.165, 1.54) is 0 Å². The summed E-state index contributed by atoms with van der Waals surface area (Å²) in [5.41, 5.74) is 3.23. The first kappa shape index (κ1) is 8.34. The molecule has 1 aliphatic heterocycles. The van der Waals surface area contributed by atoms with E-state index in [4.69, 9.17) is 14.7 Å². The Morgan fingerprint density at radius 1 is 1.31 bits per heavy atom. The van der Waals surface area contributed by atoms with Crippen LogP contribution in [-0.4, -0.2) is 18.5 Å². The Morgan fingerprint density at radius 3 is 3.00 bits per heavy atom. The molecule has 13 heavy (non-hydrogen) atoms. The quantitative estimate of drug-likeness (QED) is 0.681. The molecule has 1 aliphatic rings. The van der Waals surface area contributed by atoms with Crippen LogP contribution in [0.25, 0.3) is 0 Å². The Balaban J connectivity index is 2.12. The van der Waals surface area contributed by atoms with Gasteiger partial charge in [0, 0.05) is 6.54 Å². The molecule has 1 heterocycles.